The van der Waals surface area contributed by atoms with E-state index in [9.17, 15) is 4.79 Å². The van der Waals surface area contributed by atoms with Gasteiger partial charge in [0.05, 0.1) is 11.8 Å². The van der Waals surface area contributed by atoms with E-state index >= 15 is 0 Å². The minimum atomic E-state index is -0.500. The molecule has 0 aliphatic rings. The van der Waals surface area contributed by atoms with Gasteiger partial charge in [0.25, 0.3) is 0 Å². The van der Waals surface area contributed by atoms with Gasteiger partial charge < -0.3 is 10.5 Å². The molecular weight excluding hydrogens is 336 g/mol. The third-order valence-corrected chi connectivity index (χ3v) is 3.49. The molecule has 124 valence electrons. The Bertz CT molecular complexity index is 958. The molecule has 0 spiro atoms. The van der Waals surface area contributed by atoms with E-state index < -0.39 is 5.97 Å². The number of pyridine rings is 1. The van der Waals surface area contributed by atoms with Crippen molar-refractivity contribution in [3.63, 3.8) is 0 Å². The third kappa shape index (κ3) is 3.96. The average Bonchev–Trinajstić information content (AvgIpc) is 2.63. The molecule has 25 heavy (non-hydrogen) atoms. The van der Waals surface area contributed by atoms with E-state index in [4.69, 9.17) is 22.7 Å². The number of hydrazone groups is 1. The lowest BCUT2D eigenvalue weighted by atomic mass is 10.0. The van der Waals surface area contributed by atoms with E-state index in [-0.39, 0.29) is 5.11 Å². The van der Waals surface area contributed by atoms with Crippen LogP contribution < -0.4 is 15.9 Å². The quantitative estimate of drug-likeness (QED) is 0.247. The zero-order valence-electron chi connectivity index (χ0n) is 13.0. The van der Waals surface area contributed by atoms with Gasteiger partial charge in [0, 0.05) is 18.0 Å². The second kappa shape index (κ2) is 7.50. The van der Waals surface area contributed by atoms with Gasteiger partial charge in [-0.15, -0.1) is 0 Å². The molecule has 6 nitrogen and oxygen atoms in total. The number of hydrogen-bond acceptors (Lipinski definition) is 5. The molecule has 0 saturated carbocycles. The van der Waals surface area contributed by atoms with Crippen LogP contribution in [0.3, 0.4) is 0 Å². The van der Waals surface area contributed by atoms with Crippen molar-refractivity contribution in [2.24, 2.45) is 10.8 Å². The second-order valence-electron chi connectivity index (χ2n) is 5.06. The Morgan fingerprint density at radius 1 is 1.20 bits per heavy atom. The van der Waals surface area contributed by atoms with Crippen molar-refractivity contribution < 1.29 is 9.53 Å². The zero-order chi connectivity index (χ0) is 17.6. The van der Waals surface area contributed by atoms with Crippen LogP contribution in [0.15, 0.2) is 66.0 Å². The van der Waals surface area contributed by atoms with Crippen LogP contribution in [0.25, 0.3) is 10.8 Å². The maximum atomic E-state index is 12.3. The molecule has 3 aromatic rings. The summed E-state index contributed by atoms with van der Waals surface area (Å²) in [6.07, 6.45) is 4.56. The summed E-state index contributed by atoms with van der Waals surface area (Å²) < 4.78 is 5.54. The maximum absolute atomic E-state index is 12.3. The topological polar surface area (TPSA) is 89.6 Å². The number of carbonyl (C=O) groups is 1. The highest BCUT2D eigenvalue weighted by atomic mass is 32.1. The molecule has 0 aliphatic heterocycles. The number of fused-ring (bicyclic) bond motifs is 1. The fourth-order valence-electron chi connectivity index (χ4n) is 2.30. The first kappa shape index (κ1) is 16.5. The summed E-state index contributed by atoms with van der Waals surface area (Å²) in [5, 5.41) is 5.90. The molecule has 0 amide bonds. The lowest BCUT2D eigenvalue weighted by molar-refractivity contribution is 0.0734. The van der Waals surface area contributed by atoms with Crippen LogP contribution in [0.1, 0.15) is 15.9 Å². The van der Waals surface area contributed by atoms with E-state index in [0.717, 1.165) is 10.8 Å². The van der Waals surface area contributed by atoms with Crippen molar-refractivity contribution in [3.8, 4) is 5.75 Å². The lowest BCUT2D eigenvalue weighted by Crippen LogP contribution is -2.24. The number of esters is 1. The van der Waals surface area contributed by atoms with Crippen LogP contribution in [0.4, 0.5) is 0 Å². The Kier molecular flexibility index (Phi) is 4.96. The number of benzene rings is 2. The molecular formula is C18H14N4O2S. The number of carbonyl (C=O) groups excluding carboxylic acids is 1. The average molecular weight is 350 g/mol. The monoisotopic (exact) mass is 350 g/mol. The number of aromatic nitrogens is 1. The van der Waals surface area contributed by atoms with E-state index in [2.05, 4.69) is 15.5 Å². The SMILES string of the molecule is NC(=S)N/N=C/c1c(OC(=O)c2cccnc2)ccc2ccccc12. The van der Waals surface area contributed by atoms with Crippen LogP contribution in [0, 0.1) is 0 Å². The first-order valence-corrected chi connectivity index (χ1v) is 7.78. The van der Waals surface area contributed by atoms with Gasteiger partial charge in [0.2, 0.25) is 0 Å². The molecule has 0 fully saturated rings. The number of nitrogens with one attached hydrogen (secondary N) is 1. The first-order valence-electron chi connectivity index (χ1n) is 7.37. The molecule has 1 heterocycles. The smallest absolute Gasteiger partial charge is 0.345 e. The van der Waals surface area contributed by atoms with E-state index in [1.165, 1.54) is 12.4 Å². The van der Waals surface area contributed by atoms with Crippen LogP contribution >= 0.6 is 12.2 Å². The maximum Gasteiger partial charge on any atom is 0.345 e. The molecule has 3 N–H and O–H groups in total. The zero-order valence-corrected chi connectivity index (χ0v) is 13.9. The molecule has 3 rings (SSSR count). The summed E-state index contributed by atoms with van der Waals surface area (Å²) in [5.41, 5.74) is 8.88. The third-order valence-electron chi connectivity index (χ3n) is 3.40. The lowest BCUT2D eigenvalue weighted by Gasteiger charge is -2.10. The number of ether oxygens (including phenoxy) is 1. The molecule has 0 atom stereocenters. The minimum absolute atomic E-state index is 0.0467. The summed E-state index contributed by atoms with van der Waals surface area (Å²) in [5.74, 6) is -0.124. The molecule has 0 aliphatic carbocycles. The van der Waals surface area contributed by atoms with E-state index in [1.54, 1.807) is 24.4 Å². The Hall–Kier alpha value is -3.32. The predicted molar refractivity (Wildman–Crippen MR) is 101 cm³/mol. The van der Waals surface area contributed by atoms with Crippen LogP contribution in [0.2, 0.25) is 0 Å². The van der Waals surface area contributed by atoms with Gasteiger partial charge in [-0.2, -0.15) is 5.10 Å². The number of nitrogens with zero attached hydrogens (tertiary/aromatic N) is 2. The first-order chi connectivity index (χ1) is 12.1. The van der Waals surface area contributed by atoms with Gasteiger partial charge in [0.15, 0.2) is 5.11 Å². The van der Waals surface area contributed by atoms with Crippen molar-refractivity contribution in [2.45, 2.75) is 0 Å². The van der Waals surface area contributed by atoms with E-state index in [0.29, 0.717) is 16.9 Å². The van der Waals surface area contributed by atoms with Crippen LogP contribution in [-0.2, 0) is 0 Å². The number of rotatable bonds is 4. The molecule has 0 bridgehead atoms. The number of nitrogens with two attached hydrogens (primary N) is 1. The summed E-state index contributed by atoms with van der Waals surface area (Å²) >= 11 is 4.73. The summed E-state index contributed by atoms with van der Waals surface area (Å²) in [7, 11) is 0. The molecule has 0 radical (unpaired) electrons. The number of hydrogen-bond donors (Lipinski definition) is 2. The fourth-order valence-corrected chi connectivity index (χ4v) is 2.35. The molecule has 1 aromatic heterocycles. The largest absolute Gasteiger partial charge is 0.422 e. The Morgan fingerprint density at radius 2 is 2.04 bits per heavy atom. The highest BCUT2D eigenvalue weighted by molar-refractivity contribution is 7.80. The van der Waals surface area contributed by atoms with Crippen molar-refractivity contribution in [2.75, 3.05) is 0 Å². The normalized spacial score (nSPS) is 10.7. The summed E-state index contributed by atoms with van der Waals surface area (Å²) in [6.45, 7) is 0. The van der Waals surface area contributed by atoms with Gasteiger partial charge >= 0.3 is 5.97 Å². The van der Waals surface area contributed by atoms with Crippen LogP contribution in [-0.4, -0.2) is 22.3 Å². The predicted octanol–water partition coefficient (Wildman–Crippen LogP) is 2.62. The second-order valence-corrected chi connectivity index (χ2v) is 5.50. The van der Waals surface area contributed by atoms with Gasteiger partial charge in [-0.1, -0.05) is 30.3 Å². The standard InChI is InChI=1S/C18H14N4O2S/c19-18(25)22-21-11-15-14-6-2-1-4-12(14)7-8-16(15)24-17(23)13-5-3-9-20-10-13/h1-11H,(H3,19,22,25)/b21-11+. The van der Waals surface area contributed by atoms with Crippen molar-refractivity contribution in [3.05, 3.63) is 72.1 Å². The van der Waals surface area contributed by atoms with Gasteiger partial charge in [-0.25, -0.2) is 4.79 Å². The molecule has 0 unspecified atom stereocenters. The van der Waals surface area contributed by atoms with E-state index in [1.807, 2.05) is 30.3 Å². The molecule has 2 aromatic carbocycles. The van der Waals surface area contributed by atoms with Crippen molar-refractivity contribution >= 4 is 40.3 Å². The molecule has 0 saturated heterocycles. The Balaban J connectivity index is 2.00. The summed E-state index contributed by atoms with van der Waals surface area (Å²) in [6, 6.07) is 14.6. The minimum Gasteiger partial charge on any atom is -0.422 e. The Morgan fingerprint density at radius 3 is 2.80 bits per heavy atom. The highest BCUT2D eigenvalue weighted by Gasteiger charge is 2.13. The van der Waals surface area contributed by atoms with Crippen molar-refractivity contribution in [1.82, 2.24) is 10.4 Å². The van der Waals surface area contributed by atoms with Crippen LogP contribution in [0.5, 0.6) is 5.75 Å². The number of thiocarbonyl (C=S) groups is 1. The van der Waals surface area contributed by atoms with Gasteiger partial charge in [-0.3, -0.25) is 10.4 Å². The van der Waals surface area contributed by atoms with Gasteiger partial charge in [-0.05, 0) is 41.2 Å². The fraction of sp³-hybridized carbons (Fsp3) is 0. The summed E-state index contributed by atoms with van der Waals surface area (Å²) in [4.78, 5) is 16.2. The highest BCUT2D eigenvalue weighted by Crippen LogP contribution is 2.27. The molecule has 7 heteroatoms. The van der Waals surface area contributed by atoms with Crippen molar-refractivity contribution in [1.29, 1.82) is 0 Å². The van der Waals surface area contributed by atoms with Gasteiger partial charge in [0.1, 0.15) is 5.75 Å². The Labute approximate surface area is 149 Å².